The second kappa shape index (κ2) is 4.69. The van der Waals surface area contributed by atoms with Crippen LogP contribution in [0.5, 0.6) is 0 Å². The highest BCUT2D eigenvalue weighted by Crippen LogP contribution is 2.34. The number of nitrogens with zero attached hydrogens (tertiary/aromatic N) is 2. The van der Waals surface area contributed by atoms with Crippen LogP contribution in [-0.4, -0.2) is 16.3 Å². The zero-order chi connectivity index (χ0) is 12.4. The highest BCUT2D eigenvalue weighted by molar-refractivity contribution is 6.43. The fourth-order valence-corrected chi connectivity index (χ4v) is 1.76. The van der Waals surface area contributed by atoms with Crippen LogP contribution in [-0.2, 0) is 0 Å². The van der Waals surface area contributed by atoms with Gasteiger partial charge in [0.2, 0.25) is 0 Å². The molecule has 0 fully saturated rings. The van der Waals surface area contributed by atoms with E-state index in [9.17, 15) is 4.79 Å². The summed E-state index contributed by atoms with van der Waals surface area (Å²) < 4.78 is 0. The lowest BCUT2D eigenvalue weighted by Gasteiger charge is -2.07. The Kier molecular flexibility index (Phi) is 3.26. The van der Waals surface area contributed by atoms with E-state index in [0.717, 1.165) is 0 Å². The molecule has 6 heteroatoms. The van der Waals surface area contributed by atoms with Gasteiger partial charge in [-0.2, -0.15) is 0 Å². The number of benzene rings is 1. The predicted octanol–water partition coefficient (Wildman–Crippen LogP) is 2.85. The van der Waals surface area contributed by atoms with Crippen LogP contribution in [0.1, 0.15) is 10.5 Å². The number of carbonyl (C=O) groups is 1. The van der Waals surface area contributed by atoms with E-state index in [1.54, 1.807) is 18.2 Å². The first-order valence-corrected chi connectivity index (χ1v) is 5.41. The maximum Gasteiger partial charge on any atom is 0.170 e. The Balaban J connectivity index is 2.61. The molecule has 2 rings (SSSR count). The molecule has 1 aromatic heterocycles. The molecule has 1 heterocycles. The molecule has 0 aliphatic carbocycles. The van der Waals surface area contributed by atoms with Crippen LogP contribution in [0.2, 0.25) is 10.0 Å². The molecule has 1 aromatic carbocycles. The van der Waals surface area contributed by atoms with Crippen molar-refractivity contribution < 1.29 is 4.79 Å². The van der Waals surface area contributed by atoms with Crippen molar-refractivity contribution in [2.45, 2.75) is 0 Å². The molecule has 0 aliphatic heterocycles. The zero-order valence-electron chi connectivity index (χ0n) is 8.52. The molecule has 0 bridgehead atoms. The molecule has 86 valence electrons. The third-order valence-electron chi connectivity index (χ3n) is 2.15. The standard InChI is InChI=1S/C11H7Cl2N3O/c12-8-3-1-2-7(9(8)13)10-11(14)16-6(5-17)4-15-10/h1-5H,(H2,14,16). The number of rotatable bonds is 2. The van der Waals surface area contributed by atoms with Crippen molar-refractivity contribution in [3.8, 4) is 11.3 Å². The van der Waals surface area contributed by atoms with E-state index >= 15 is 0 Å². The Morgan fingerprint density at radius 1 is 1.29 bits per heavy atom. The monoisotopic (exact) mass is 267 g/mol. The average Bonchev–Trinajstić information content (AvgIpc) is 2.33. The van der Waals surface area contributed by atoms with Gasteiger partial charge in [0.25, 0.3) is 0 Å². The fourth-order valence-electron chi connectivity index (χ4n) is 1.37. The van der Waals surface area contributed by atoms with E-state index in [1.807, 2.05) is 0 Å². The molecule has 0 saturated heterocycles. The summed E-state index contributed by atoms with van der Waals surface area (Å²) in [7, 11) is 0. The van der Waals surface area contributed by atoms with Crippen molar-refractivity contribution in [3.63, 3.8) is 0 Å². The van der Waals surface area contributed by atoms with Crippen molar-refractivity contribution in [1.82, 2.24) is 9.97 Å². The second-order valence-corrected chi connectivity index (χ2v) is 4.03. The lowest BCUT2D eigenvalue weighted by atomic mass is 10.1. The first-order chi connectivity index (χ1) is 8.13. The first-order valence-electron chi connectivity index (χ1n) is 4.65. The second-order valence-electron chi connectivity index (χ2n) is 3.25. The molecule has 0 unspecified atom stereocenters. The predicted molar refractivity (Wildman–Crippen MR) is 67.3 cm³/mol. The van der Waals surface area contributed by atoms with Gasteiger partial charge in [0.15, 0.2) is 12.1 Å². The highest BCUT2D eigenvalue weighted by Gasteiger charge is 2.12. The Morgan fingerprint density at radius 2 is 2.06 bits per heavy atom. The number of halogens is 2. The van der Waals surface area contributed by atoms with Crippen molar-refractivity contribution in [2.75, 3.05) is 5.73 Å². The minimum Gasteiger partial charge on any atom is -0.382 e. The van der Waals surface area contributed by atoms with Gasteiger partial charge in [-0.15, -0.1) is 0 Å². The summed E-state index contributed by atoms with van der Waals surface area (Å²) in [5, 5.41) is 0.763. The molecule has 17 heavy (non-hydrogen) atoms. The zero-order valence-corrected chi connectivity index (χ0v) is 10.0. The SMILES string of the molecule is Nc1nc(C=O)cnc1-c1cccc(Cl)c1Cl. The van der Waals surface area contributed by atoms with Gasteiger partial charge in [0, 0.05) is 5.56 Å². The minimum atomic E-state index is 0.138. The number of nitrogens with two attached hydrogens (primary N) is 1. The van der Waals surface area contributed by atoms with E-state index < -0.39 is 0 Å². The van der Waals surface area contributed by atoms with Crippen LogP contribution >= 0.6 is 23.2 Å². The molecule has 4 nitrogen and oxygen atoms in total. The fraction of sp³-hybridized carbons (Fsp3) is 0. The van der Waals surface area contributed by atoms with E-state index in [-0.39, 0.29) is 11.5 Å². The Hall–Kier alpha value is -1.65. The Bertz CT molecular complexity index is 587. The summed E-state index contributed by atoms with van der Waals surface area (Å²) in [6.07, 6.45) is 1.91. The topological polar surface area (TPSA) is 68.9 Å². The molecule has 0 radical (unpaired) electrons. The van der Waals surface area contributed by atoms with Gasteiger partial charge < -0.3 is 5.73 Å². The van der Waals surface area contributed by atoms with Gasteiger partial charge in [-0.1, -0.05) is 35.3 Å². The van der Waals surface area contributed by atoms with Crippen LogP contribution < -0.4 is 5.73 Å². The normalized spacial score (nSPS) is 10.2. The number of hydrogen-bond acceptors (Lipinski definition) is 4. The number of aldehydes is 1. The Labute approximate surface area is 107 Å². The van der Waals surface area contributed by atoms with Crippen molar-refractivity contribution in [1.29, 1.82) is 0 Å². The van der Waals surface area contributed by atoms with Gasteiger partial charge in [0.05, 0.1) is 16.2 Å². The third-order valence-corrected chi connectivity index (χ3v) is 2.96. The number of anilines is 1. The molecular formula is C11H7Cl2N3O. The molecule has 0 aliphatic rings. The van der Waals surface area contributed by atoms with Crippen molar-refractivity contribution in [2.24, 2.45) is 0 Å². The minimum absolute atomic E-state index is 0.138. The third kappa shape index (κ3) is 2.23. The largest absolute Gasteiger partial charge is 0.382 e. The first kappa shape index (κ1) is 11.8. The van der Waals surface area contributed by atoms with Crippen LogP contribution in [0, 0.1) is 0 Å². The molecule has 0 saturated carbocycles. The number of nitrogen functional groups attached to an aromatic ring is 1. The van der Waals surface area contributed by atoms with Crippen LogP contribution in [0.15, 0.2) is 24.4 Å². The lowest BCUT2D eigenvalue weighted by molar-refractivity contribution is 0.111. The highest BCUT2D eigenvalue weighted by atomic mass is 35.5. The number of hydrogen-bond donors (Lipinski definition) is 1. The molecule has 2 aromatic rings. The maximum absolute atomic E-state index is 10.5. The molecular weight excluding hydrogens is 261 g/mol. The average molecular weight is 268 g/mol. The van der Waals surface area contributed by atoms with E-state index in [1.165, 1.54) is 6.20 Å². The van der Waals surface area contributed by atoms with Gasteiger partial charge in [-0.05, 0) is 6.07 Å². The summed E-state index contributed by atoms with van der Waals surface area (Å²) in [4.78, 5) is 18.5. The molecule has 0 atom stereocenters. The lowest BCUT2D eigenvalue weighted by Crippen LogP contribution is -2.00. The van der Waals surface area contributed by atoms with E-state index in [4.69, 9.17) is 28.9 Å². The van der Waals surface area contributed by atoms with Crippen LogP contribution in [0.3, 0.4) is 0 Å². The van der Waals surface area contributed by atoms with Crippen LogP contribution in [0.4, 0.5) is 5.82 Å². The van der Waals surface area contributed by atoms with Gasteiger partial charge in [0.1, 0.15) is 11.4 Å². The van der Waals surface area contributed by atoms with Gasteiger partial charge in [-0.3, -0.25) is 4.79 Å². The summed E-state index contributed by atoms with van der Waals surface area (Å²) in [5.74, 6) is 0.138. The maximum atomic E-state index is 10.5. The quantitative estimate of drug-likeness (QED) is 0.850. The molecule has 0 amide bonds. The van der Waals surface area contributed by atoms with E-state index in [2.05, 4.69) is 9.97 Å². The summed E-state index contributed by atoms with van der Waals surface area (Å²) in [6, 6.07) is 5.13. The van der Waals surface area contributed by atoms with Gasteiger partial charge in [-0.25, -0.2) is 9.97 Å². The van der Waals surface area contributed by atoms with Crippen LogP contribution in [0.25, 0.3) is 11.3 Å². The Morgan fingerprint density at radius 3 is 2.71 bits per heavy atom. The van der Waals surface area contributed by atoms with Crippen molar-refractivity contribution in [3.05, 3.63) is 40.1 Å². The number of carbonyl (C=O) groups excluding carboxylic acids is 1. The summed E-state index contributed by atoms with van der Waals surface area (Å²) in [5.41, 5.74) is 6.87. The van der Waals surface area contributed by atoms with Gasteiger partial charge >= 0.3 is 0 Å². The molecule has 2 N–H and O–H groups in total. The summed E-state index contributed by atoms with van der Waals surface area (Å²) in [6.45, 7) is 0. The van der Waals surface area contributed by atoms with Crippen molar-refractivity contribution >= 4 is 35.3 Å². The summed E-state index contributed by atoms with van der Waals surface area (Å²) >= 11 is 11.9. The molecule has 0 spiro atoms. The van der Waals surface area contributed by atoms with E-state index in [0.29, 0.717) is 27.6 Å². The number of aromatic nitrogens is 2. The smallest absolute Gasteiger partial charge is 0.170 e.